The maximum absolute atomic E-state index is 5.14. The largest absolute Gasteiger partial charge is 0.309 e. The van der Waals surface area contributed by atoms with Crippen LogP contribution in [0.25, 0.3) is 177 Å². The molecule has 5 heterocycles. The molecule has 0 aliphatic carbocycles. The molecule has 5 aromatic heterocycles. The molecule has 0 aliphatic heterocycles. The van der Waals surface area contributed by atoms with Crippen LogP contribution in [0, 0.1) is 0 Å². The minimum absolute atomic E-state index is 0.913. The van der Waals surface area contributed by atoms with Crippen molar-refractivity contribution >= 4 is 87.2 Å². The second kappa shape index (κ2) is 24.4. The first-order chi connectivity index (χ1) is 49.6. The number of nitrogens with zero attached hydrogens (tertiary/aromatic N) is 5. The molecule has 0 radical (unpaired) electrons. The van der Waals surface area contributed by atoms with Gasteiger partial charge in [-0.3, -0.25) is 4.57 Å². The molecule has 0 N–H and O–H groups in total. The fourth-order valence-electron chi connectivity index (χ4n) is 15.3. The van der Waals surface area contributed by atoms with Crippen molar-refractivity contribution in [3.63, 3.8) is 0 Å². The number of fused-ring (bicyclic) bond motifs is 12. The molecule has 0 saturated heterocycles. The lowest BCUT2D eigenvalue weighted by molar-refractivity contribution is 1.08. The van der Waals surface area contributed by atoms with Crippen LogP contribution in [0.4, 0.5) is 0 Å². The summed E-state index contributed by atoms with van der Waals surface area (Å²) in [6, 6.07) is 138. The van der Waals surface area contributed by atoms with Crippen molar-refractivity contribution in [2.45, 2.75) is 0 Å². The maximum atomic E-state index is 5.14. The van der Waals surface area contributed by atoms with Crippen LogP contribution < -0.4 is 0 Å². The zero-order valence-electron chi connectivity index (χ0n) is 54.6. The van der Waals surface area contributed by atoms with E-state index in [0.29, 0.717) is 0 Å². The summed E-state index contributed by atoms with van der Waals surface area (Å²) in [7, 11) is 0. The van der Waals surface area contributed by atoms with E-state index in [0.717, 1.165) is 45.2 Å². The number of para-hydroxylation sites is 4. The van der Waals surface area contributed by atoms with Gasteiger partial charge in [-0.1, -0.05) is 273 Å². The normalized spacial score (nSPS) is 11.6. The quantitative estimate of drug-likeness (QED) is 0.134. The first kappa shape index (κ1) is 58.0. The highest BCUT2D eigenvalue weighted by Gasteiger charge is 2.20. The predicted molar refractivity (Wildman–Crippen MR) is 421 cm³/mol. The van der Waals surface area contributed by atoms with Crippen LogP contribution in [0.2, 0.25) is 0 Å². The van der Waals surface area contributed by atoms with Gasteiger partial charge in [0.05, 0.1) is 49.8 Å². The van der Waals surface area contributed by atoms with E-state index in [-0.39, 0.29) is 0 Å². The number of rotatable bonds is 10. The third kappa shape index (κ3) is 10.1. The lowest BCUT2D eigenvalue weighted by Crippen LogP contribution is -1.98. The molecule has 5 heteroatoms. The highest BCUT2D eigenvalue weighted by atomic mass is 15.1. The minimum Gasteiger partial charge on any atom is -0.309 e. The van der Waals surface area contributed by atoms with Gasteiger partial charge in [0.1, 0.15) is 5.82 Å². The monoisotopic (exact) mass is 1270 g/mol. The van der Waals surface area contributed by atoms with E-state index in [1.807, 2.05) is 6.07 Å². The van der Waals surface area contributed by atoms with Crippen LogP contribution >= 0.6 is 0 Å². The van der Waals surface area contributed by atoms with Crippen LogP contribution in [0.5, 0.6) is 0 Å². The van der Waals surface area contributed by atoms with Crippen molar-refractivity contribution in [3.05, 3.63) is 382 Å². The maximum Gasteiger partial charge on any atom is 0.138 e. The van der Waals surface area contributed by atoms with E-state index in [9.17, 15) is 0 Å². The van der Waals surface area contributed by atoms with Gasteiger partial charge in [-0.25, -0.2) is 4.98 Å². The summed E-state index contributed by atoms with van der Waals surface area (Å²) in [6.07, 6.45) is 0. The molecule has 0 amide bonds. The first-order valence-electron chi connectivity index (χ1n) is 34.2. The molecule has 0 spiro atoms. The molecule has 20 rings (SSSR count). The predicted octanol–water partition coefficient (Wildman–Crippen LogP) is 25.2. The van der Waals surface area contributed by atoms with E-state index in [2.05, 4.69) is 394 Å². The molecule has 0 atom stereocenters. The molecule has 0 bridgehead atoms. The topological polar surface area (TPSA) is 32.6 Å². The Morgan fingerprint density at radius 3 is 0.820 bits per heavy atom. The number of pyridine rings is 1. The standard InChI is InChI=1S/C48H32N2.C47H31N3/c1-3-11-33(12-4-1)35-19-25-39(26-20-35)49-45-17-9-7-15-41(45)43-29-23-37(31-47(43)49)38-24-30-44-42-16-8-10-18-46(42)50(48(44)32-38)40-27-21-36(22-28-40)34-13-5-2-6-14-34;1-3-12-32(13-4-1)33-22-26-37(27-23-33)49-43-19-9-7-16-38(43)40-30-35(24-28-45(40)49)36-25-29-46-41(31-36)39-17-8-10-20-44(39)50(46)47-21-11-18-42(48-47)34-14-5-2-6-15-34/h1-32H;1-31H. The second-order valence-electron chi connectivity index (χ2n) is 25.8. The van der Waals surface area contributed by atoms with Crippen LogP contribution in [-0.2, 0) is 0 Å². The van der Waals surface area contributed by atoms with Gasteiger partial charge >= 0.3 is 0 Å². The molecule has 100 heavy (non-hydrogen) atoms. The van der Waals surface area contributed by atoms with Crippen LogP contribution in [-0.4, -0.2) is 23.3 Å². The summed E-state index contributed by atoms with van der Waals surface area (Å²) in [5.74, 6) is 0.913. The summed E-state index contributed by atoms with van der Waals surface area (Å²) < 4.78 is 9.50. The van der Waals surface area contributed by atoms with Gasteiger partial charge in [-0.05, 0) is 165 Å². The highest BCUT2D eigenvalue weighted by molar-refractivity contribution is 6.15. The average molecular weight is 1270 g/mol. The number of benzene rings is 15. The second-order valence-corrected chi connectivity index (χ2v) is 25.8. The fraction of sp³-hybridized carbons (Fsp3) is 0. The third-order valence-corrected chi connectivity index (χ3v) is 20.1. The zero-order chi connectivity index (χ0) is 66.0. The van der Waals surface area contributed by atoms with Crippen molar-refractivity contribution in [1.82, 2.24) is 23.3 Å². The average Bonchev–Trinajstić information content (AvgIpc) is 1.60. The summed E-state index contributed by atoms with van der Waals surface area (Å²) >= 11 is 0. The summed E-state index contributed by atoms with van der Waals surface area (Å²) in [6.45, 7) is 0. The van der Waals surface area contributed by atoms with Crippen molar-refractivity contribution in [2.75, 3.05) is 0 Å². The lowest BCUT2D eigenvalue weighted by Gasteiger charge is -2.12. The molecule has 0 saturated carbocycles. The smallest absolute Gasteiger partial charge is 0.138 e. The number of hydrogen-bond donors (Lipinski definition) is 0. The lowest BCUT2D eigenvalue weighted by atomic mass is 10.0. The Bertz CT molecular complexity index is 6260. The number of aromatic nitrogens is 5. The highest BCUT2D eigenvalue weighted by Crippen LogP contribution is 2.42. The van der Waals surface area contributed by atoms with Crippen LogP contribution in [0.1, 0.15) is 0 Å². The third-order valence-electron chi connectivity index (χ3n) is 20.1. The summed E-state index contributed by atoms with van der Waals surface area (Å²) in [5, 5.41) is 9.95. The van der Waals surface area contributed by atoms with Gasteiger partial charge in [0.15, 0.2) is 0 Å². The molecule has 15 aromatic carbocycles. The summed E-state index contributed by atoms with van der Waals surface area (Å²) in [4.78, 5) is 5.14. The Hall–Kier alpha value is -13.4. The Labute approximate surface area is 578 Å². The SMILES string of the molecule is c1ccc(-c2ccc(-n3c4ccccc4c4cc(-c5ccc6c(c5)c5ccccc5n6-c5cccc(-c6ccccc6)n5)ccc43)cc2)cc1.c1ccc(-c2ccc(-n3c4ccccc4c4ccc(-c5ccc6c7ccccc7n(-c7ccc(-c8ccccc8)cc7)c6c5)cc43)cc2)cc1. The van der Waals surface area contributed by atoms with Crippen molar-refractivity contribution in [2.24, 2.45) is 0 Å². The van der Waals surface area contributed by atoms with E-state index >= 15 is 0 Å². The van der Waals surface area contributed by atoms with Crippen molar-refractivity contribution in [3.8, 4) is 89.8 Å². The Kier molecular flexibility index (Phi) is 14.2. The molecule has 20 aromatic rings. The minimum atomic E-state index is 0.913. The molecule has 0 fully saturated rings. The van der Waals surface area contributed by atoms with Crippen LogP contribution in [0.3, 0.4) is 0 Å². The summed E-state index contributed by atoms with van der Waals surface area (Å²) in [5.41, 5.74) is 27.2. The molecular weight excluding hydrogens is 1210 g/mol. The zero-order valence-corrected chi connectivity index (χ0v) is 54.6. The van der Waals surface area contributed by atoms with E-state index in [1.54, 1.807) is 0 Å². The van der Waals surface area contributed by atoms with Crippen molar-refractivity contribution in [1.29, 1.82) is 0 Å². The Morgan fingerprint density at radius 1 is 0.150 bits per heavy atom. The van der Waals surface area contributed by atoms with Gasteiger partial charge in [0, 0.05) is 65.7 Å². The van der Waals surface area contributed by atoms with Gasteiger partial charge in [0.2, 0.25) is 0 Å². The molecular formula is C95H63N5. The van der Waals surface area contributed by atoms with Crippen molar-refractivity contribution < 1.29 is 0 Å². The van der Waals surface area contributed by atoms with E-state index in [4.69, 9.17) is 4.98 Å². The Morgan fingerprint density at radius 2 is 0.420 bits per heavy atom. The van der Waals surface area contributed by atoms with E-state index in [1.165, 1.54) is 132 Å². The van der Waals surface area contributed by atoms with Crippen LogP contribution in [0.15, 0.2) is 382 Å². The molecule has 0 aliphatic rings. The first-order valence-corrected chi connectivity index (χ1v) is 34.2. The van der Waals surface area contributed by atoms with Gasteiger partial charge in [-0.15, -0.1) is 0 Å². The molecule has 5 nitrogen and oxygen atoms in total. The molecule has 0 unspecified atom stereocenters. The molecule has 468 valence electrons. The van der Waals surface area contributed by atoms with Gasteiger partial charge in [0.25, 0.3) is 0 Å². The Balaban J connectivity index is 0.000000139. The van der Waals surface area contributed by atoms with Gasteiger partial charge < -0.3 is 13.7 Å². The van der Waals surface area contributed by atoms with Gasteiger partial charge in [-0.2, -0.15) is 0 Å². The fourth-order valence-corrected chi connectivity index (χ4v) is 15.3. The van der Waals surface area contributed by atoms with E-state index < -0.39 is 0 Å². The number of hydrogen-bond acceptors (Lipinski definition) is 1.